The van der Waals surface area contributed by atoms with Gasteiger partial charge in [0.25, 0.3) is 0 Å². The molecule has 5 aliphatic rings. The zero-order chi connectivity index (χ0) is 69.4. The highest BCUT2D eigenvalue weighted by Gasteiger charge is 2.61. The van der Waals surface area contributed by atoms with Crippen LogP contribution >= 0.6 is 0 Å². The average Bonchev–Trinajstić information content (AvgIpc) is 0.787. The van der Waals surface area contributed by atoms with Crippen LogP contribution in [-0.2, 0) is 161 Å². The van der Waals surface area contributed by atoms with E-state index in [9.17, 15) is 145 Å². The van der Waals surface area contributed by atoms with Gasteiger partial charge in [-0.15, -0.1) is 0 Å². The average molecular weight is 1510 g/mol. The summed E-state index contributed by atoms with van der Waals surface area (Å²) in [7, 11) is -45.5. The summed E-state index contributed by atoms with van der Waals surface area (Å²) in [5.41, 5.74) is 0. The first-order valence-corrected chi connectivity index (χ1v) is 34.7. The third-order valence-corrected chi connectivity index (χ3v) is 16.4. The van der Waals surface area contributed by atoms with Crippen LogP contribution in [0.15, 0.2) is 0 Å². The van der Waals surface area contributed by atoms with E-state index in [4.69, 9.17) is 56.5 Å². The van der Waals surface area contributed by atoms with Crippen LogP contribution in [0.3, 0.4) is 0 Å². The molecule has 5 aliphatic heterocycles. The molecule has 0 bridgehead atoms. The number of carboxylic acid groups (broad SMARTS) is 2. The van der Waals surface area contributed by atoms with Gasteiger partial charge in [0, 0.05) is 7.11 Å². The summed E-state index contributed by atoms with van der Waals surface area (Å²) in [5, 5.41) is 88.5. The lowest BCUT2D eigenvalue weighted by Crippen LogP contribution is -2.71. The van der Waals surface area contributed by atoms with Crippen molar-refractivity contribution >= 4 is 94.8 Å². The number of carbonyl (C=O) groups is 2. The number of aliphatic carboxylic acids is 2. The molecule has 19 N–H and O–H groups in total. The maximum Gasteiger partial charge on any atom is 0.397 e. The summed E-state index contributed by atoms with van der Waals surface area (Å²) in [6.45, 7) is -4.96. The number of aliphatic hydroxyl groups is 6. The molecule has 0 aromatic carbocycles. The molecule has 0 spiro atoms. The van der Waals surface area contributed by atoms with Crippen LogP contribution in [-0.4, -0.2) is 337 Å². The molecule has 534 valence electrons. The summed E-state index contributed by atoms with van der Waals surface area (Å²) in [6, 6.07) is -8.13. The predicted octanol–water partition coefficient (Wildman–Crippen LogP) is -13.8. The van der Waals surface area contributed by atoms with Crippen LogP contribution in [0.4, 0.5) is 0 Å². The summed E-state index contributed by atoms with van der Waals surface area (Å²) in [6.07, 6.45) is -63.3. The molecular weight excluding hydrogens is 1450 g/mol. The van der Waals surface area contributed by atoms with E-state index in [2.05, 4.69) is 20.9 Å². The van der Waals surface area contributed by atoms with Gasteiger partial charge in [-0.3, -0.25) is 36.4 Å². The molecule has 5 fully saturated rings. The normalized spacial score (nSPS) is 38.6. The summed E-state index contributed by atoms with van der Waals surface area (Å²) < 4.78 is 345. The SMILES string of the molecule is CO[C@H]1[C@H](O)[C@@H](NS(=O)(=O)O)[C@@H](O[C@H]2[C@H](O)[C@@H](OS(=O)(=O)O)[C@H](O[C@H]3[C@H](O)[C@@H](NS(=O)(=O)O)[C@@H](O[C@H]4[C@H](O)[C@@H](OS(=O)(=O)O)[C@H](O[C@H]5[C@H](O)[C@@H](NS(=O)(=O)O)[C@@H](O)O[C@@H]5COS(=O)(=O)O)O[C@H]4C(=O)O)O[C@@H]3COS(=O)(=O)O)O[C@H]2C(=O)O)O[C@@H]1COS(=O)(=O)O. The van der Waals surface area contributed by atoms with Gasteiger partial charge < -0.3 is 88.2 Å². The second-order valence-corrected chi connectivity index (χ2v) is 27.6. The maximum absolute atomic E-state index is 12.9. The monoisotopic (exact) mass is 1510 g/mol. The largest absolute Gasteiger partial charge is 0.479 e. The lowest BCUT2D eigenvalue weighted by molar-refractivity contribution is -0.372. The van der Waals surface area contributed by atoms with Crippen LogP contribution in [0, 0.1) is 0 Å². The minimum atomic E-state index is -6.16. The van der Waals surface area contributed by atoms with E-state index in [-0.39, 0.29) is 0 Å². The second kappa shape index (κ2) is 29.9. The van der Waals surface area contributed by atoms with Crippen molar-refractivity contribution in [1.82, 2.24) is 14.2 Å². The van der Waals surface area contributed by atoms with Crippen molar-refractivity contribution in [1.29, 1.82) is 0 Å². The fourth-order valence-electron chi connectivity index (χ4n) is 9.07. The van der Waals surface area contributed by atoms with Gasteiger partial charge in [-0.25, -0.2) is 30.5 Å². The standard InChI is InChI=1S/C31H53N3O49S8/c1-69-16-5(2-70-87(54,55)56)74-28(9(12(16)36)33-85(48,49)50)78-19-14(38)22(83-91(66,67)68)31(81-23(19)25(40)41)77-18-7(4-72-89(60,61)62)75-29(10(13(18)37)34-86(51,52)53)79-20-15(39)21(82-90(63,64)65)30(80-24(20)26(42)43)76-17-6(3-71-88(57,58)59)73-27(44)8(11(17)35)32-84(45,46)47/h5-24,27-39,44H,2-4H2,1H3,(H,40,41)(H,42,43)(H,45,46,47)(H,48,49,50)(H,51,52,53)(H,54,55,56)(H,57,58,59)(H,60,61,62)(H,63,64,65)(H,66,67,68)/t5-,6-,7-,8-,9-,10-,11-,12-,13-,14+,15+,16-,17-,18-,19+,20+,21-,22-,23-,24-,27+,28-,29-,30-,31-/m1/s1. The molecule has 52 nitrogen and oxygen atoms in total. The zero-order valence-electron chi connectivity index (χ0n) is 43.9. The molecular formula is C31H53N3O49S8. The number of nitrogens with one attached hydrogen (secondary N) is 3. The van der Waals surface area contributed by atoms with Gasteiger partial charge in [0.2, 0.25) is 0 Å². The quantitative estimate of drug-likeness (QED) is 0.0297. The molecule has 5 heterocycles. The molecule has 5 rings (SSSR count). The molecule has 0 saturated carbocycles. The fourth-order valence-corrected chi connectivity index (χ4v) is 12.7. The molecule has 60 heteroatoms. The number of hydrogen-bond acceptors (Lipinski definition) is 39. The van der Waals surface area contributed by atoms with Gasteiger partial charge in [0.1, 0.15) is 97.5 Å². The topological polar surface area (TPSA) is 805 Å². The Morgan fingerprint density at radius 2 is 0.648 bits per heavy atom. The number of methoxy groups -OCH3 is 1. The van der Waals surface area contributed by atoms with Crippen LogP contribution in [0.2, 0.25) is 0 Å². The molecule has 0 aromatic heterocycles. The highest BCUT2D eigenvalue weighted by molar-refractivity contribution is 7.84. The van der Waals surface area contributed by atoms with Crippen LogP contribution in [0.1, 0.15) is 0 Å². The van der Waals surface area contributed by atoms with Gasteiger partial charge in [-0.2, -0.15) is 81.5 Å². The smallest absolute Gasteiger partial charge is 0.397 e. The Kier molecular flexibility index (Phi) is 26.0. The lowest BCUT2D eigenvalue weighted by Gasteiger charge is -2.50. The Balaban J connectivity index is 1.58. The van der Waals surface area contributed by atoms with E-state index in [0.29, 0.717) is 0 Å². The van der Waals surface area contributed by atoms with E-state index in [1.807, 2.05) is 0 Å². The second-order valence-electron chi connectivity index (χ2n) is 18.7. The van der Waals surface area contributed by atoms with Crippen molar-refractivity contribution < 1.29 is 222 Å². The van der Waals surface area contributed by atoms with E-state index in [1.54, 1.807) is 0 Å². The number of aliphatic hydroxyl groups excluding tert-OH is 6. The molecule has 5 saturated heterocycles. The molecule has 0 unspecified atom stereocenters. The van der Waals surface area contributed by atoms with Gasteiger partial charge in [-0.05, 0) is 0 Å². The zero-order valence-corrected chi connectivity index (χ0v) is 50.5. The van der Waals surface area contributed by atoms with Crippen molar-refractivity contribution in [3.8, 4) is 0 Å². The fraction of sp³-hybridized carbons (Fsp3) is 0.935. The Hall–Kier alpha value is -2.74. The molecule has 0 aromatic rings. The predicted molar refractivity (Wildman–Crippen MR) is 262 cm³/mol. The van der Waals surface area contributed by atoms with Crippen molar-refractivity contribution in [2.75, 3.05) is 26.9 Å². The number of ether oxygens (including phenoxy) is 10. The minimum Gasteiger partial charge on any atom is -0.479 e. The van der Waals surface area contributed by atoms with E-state index < -0.39 is 268 Å². The van der Waals surface area contributed by atoms with Crippen molar-refractivity contribution in [3.05, 3.63) is 0 Å². The first-order valence-electron chi connectivity index (χ1n) is 23.5. The first-order chi connectivity index (χ1) is 41.2. The van der Waals surface area contributed by atoms with Crippen molar-refractivity contribution in [3.63, 3.8) is 0 Å². The van der Waals surface area contributed by atoms with Gasteiger partial charge in [0.15, 0.2) is 55.9 Å². The third-order valence-electron chi connectivity index (χ3n) is 12.5. The lowest BCUT2D eigenvalue weighted by atomic mass is 9.94. The molecule has 0 radical (unpaired) electrons. The van der Waals surface area contributed by atoms with Crippen LogP contribution in [0.5, 0.6) is 0 Å². The number of rotatable bonds is 30. The van der Waals surface area contributed by atoms with Gasteiger partial charge in [0.05, 0.1) is 19.8 Å². The molecule has 0 aliphatic carbocycles. The van der Waals surface area contributed by atoms with E-state index in [0.717, 1.165) is 11.8 Å². The first kappa shape index (κ1) is 79.0. The number of carboxylic acids is 2. The Bertz CT molecular complexity index is 3480. The highest BCUT2D eigenvalue weighted by Crippen LogP contribution is 2.38. The Labute approximate surface area is 509 Å². The Morgan fingerprint density at radius 3 is 0.945 bits per heavy atom. The molecule has 0 amide bonds. The van der Waals surface area contributed by atoms with Crippen LogP contribution in [0.25, 0.3) is 0 Å². The van der Waals surface area contributed by atoms with E-state index >= 15 is 0 Å². The van der Waals surface area contributed by atoms with Crippen molar-refractivity contribution in [2.45, 2.75) is 153 Å². The van der Waals surface area contributed by atoms with Crippen LogP contribution < -0.4 is 14.2 Å². The van der Waals surface area contributed by atoms with E-state index in [1.165, 1.54) is 9.44 Å². The molecule has 25 atom stereocenters. The highest BCUT2D eigenvalue weighted by atomic mass is 32.3. The summed E-state index contributed by atoms with van der Waals surface area (Å²) in [5.74, 6) is -4.91. The number of hydrogen-bond donors (Lipinski definition) is 19. The minimum absolute atomic E-state index is 0.767. The molecule has 91 heavy (non-hydrogen) atoms. The Morgan fingerprint density at radius 1 is 0.363 bits per heavy atom. The van der Waals surface area contributed by atoms with Gasteiger partial charge in [-0.1, -0.05) is 0 Å². The maximum atomic E-state index is 12.9. The van der Waals surface area contributed by atoms with Crippen molar-refractivity contribution in [2.24, 2.45) is 0 Å². The third kappa shape index (κ3) is 22.9. The van der Waals surface area contributed by atoms with Gasteiger partial charge >= 0.3 is 94.8 Å². The summed E-state index contributed by atoms with van der Waals surface area (Å²) >= 11 is 0. The summed E-state index contributed by atoms with van der Waals surface area (Å²) in [4.78, 5) is 25.8.